The van der Waals surface area contributed by atoms with Crippen LogP contribution in [-0.2, 0) is 24.2 Å². The fourth-order valence-corrected chi connectivity index (χ4v) is 5.91. The number of nitriles is 1. The molecule has 1 atom stereocenters. The number of thioether (sulfide) groups is 1. The lowest BCUT2D eigenvalue weighted by molar-refractivity contribution is -0.113. The second-order valence-electron chi connectivity index (χ2n) is 7.42. The molecular weight excluding hydrogens is 414 g/mol. The zero-order valence-electron chi connectivity index (χ0n) is 17.0. The maximum absolute atomic E-state index is 12.6. The molecule has 0 aliphatic heterocycles. The Morgan fingerprint density at radius 3 is 2.90 bits per heavy atom. The maximum atomic E-state index is 12.6. The fourth-order valence-electron chi connectivity index (χ4n) is 3.73. The van der Waals surface area contributed by atoms with Gasteiger partial charge in [0.1, 0.15) is 11.1 Å². The number of benzene rings is 1. The molecule has 1 aliphatic carbocycles. The van der Waals surface area contributed by atoms with Gasteiger partial charge in [-0.25, -0.2) is 0 Å². The van der Waals surface area contributed by atoms with Crippen molar-refractivity contribution in [3.63, 3.8) is 0 Å². The summed E-state index contributed by atoms with van der Waals surface area (Å²) < 4.78 is 2.01. The Labute approximate surface area is 184 Å². The summed E-state index contributed by atoms with van der Waals surface area (Å²) in [5, 5.41) is 22.6. The Morgan fingerprint density at radius 1 is 1.37 bits per heavy atom. The number of aromatic nitrogens is 3. The Morgan fingerprint density at radius 2 is 2.17 bits per heavy atom. The molecular formula is C22H23N5OS2. The van der Waals surface area contributed by atoms with Gasteiger partial charge in [-0.2, -0.15) is 5.26 Å². The van der Waals surface area contributed by atoms with Crippen molar-refractivity contribution >= 4 is 34.0 Å². The van der Waals surface area contributed by atoms with E-state index in [1.807, 2.05) is 41.8 Å². The van der Waals surface area contributed by atoms with E-state index >= 15 is 0 Å². The molecule has 1 aliphatic rings. The number of thiophene rings is 1. The summed E-state index contributed by atoms with van der Waals surface area (Å²) in [4.78, 5) is 13.9. The molecule has 154 valence electrons. The smallest absolute Gasteiger partial charge is 0.235 e. The van der Waals surface area contributed by atoms with Gasteiger partial charge in [-0.05, 0) is 37.7 Å². The first-order valence-electron chi connectivity index (χ1n) is 10.1. The van der Waals surface area contributed by atoms with E-state index in [9.17, 15) is 10.1 Å². The monoisotopic (exact) mass is 437 g/mol. The first kappa shape index (κ1) is 20.6. The summed E-state index contributed by atoms with van der Waals surface area (Å²) in [5.41, 5.74) is 2.77. The number of hydrogen-bond acceptors (Lipinski definition) is 6. The Balaban J connectivity index is 1.45. The van der Waals surface area contributed by atoms with Crippen molar-refractivity contribution in [1.29, 1.82) is 5.26 Å². The summed E-state index contributed by atoms with van der Waals surface area (Å²) >= 11 is 2.91. The molecule has 1 unspecified atom stereocenters. The average molecular weight is 438 g/mol. The van der Waals surface area contributed by atoms with Crippen LogP contribution in [0.15, 0.2) is 35.5 Å². The molecule has 30 heavy (non-hydrogen) atoms. The highest BCUT2D eigenvalue weighted by Crippen LogP contribution is 2.39. The molecule has 3 aromatic rings. The normalized spacial score (nSPS) is 15.4. The first-order valence-corrected chi connectivity index (χ1v) is 11.9. The lowest BCUT2D eigenvalue weighted by Crippen LogP contribution is -2.14. The molecule has 0 saturated carbocycles. The van der Waals surface area contributed by atoms with Crippen molar-refractivity contribution in [1.82, 2.24) is 14.8 Å². The van der Waals surface area contributed by atoms with Gasteiger partial charge >= 0.3 is 0 Å². The summed E-state index contributed by atoms with van der Waals surface area (Å²) in [6.45, 7) is 4.99. The van der Waals surface area contributed by atoms with Gasteiger partial charge < -0.3 is 9.88 Å². The molecule has 0 saturated heterocycles. The molecule has 0 spiro atoms. The van der Waals surface area contributed by atoms with Crippen LogP contribution in [0.1, 0.15) is 36.3 Å². The highest BCUT2D eigenvalue weighted by Gasteiger charge is 2.25. The lowest BCUT2D eigenvalue weighted by atomic mass is 9.89. The number of amides is 1. The molecule has 0 radical (unpaired) electrons. The number of fused-ring (bicyclic) bond motifs is 1. The number of carbonyl (C=O) groups excluding carboxylic acids is 1. The average Bonchev–Trinajstić information content (AvgIpc) is 3.32. The first-order chi connectivity index (χ1) is 14.6. The third-order valence-corrected chi connectivity index (χ3v) is 7.41. The van der Waals surface area contributed by atoms with Crippen molar-refractivity contribution in [2.75, 3.05) is 11.1 Å². The number of anilines is 1. The summed E-state index contributed by atoms with van der Waals surface area (Å²) in [5.74, 6) is 1.51. The van der Waals surface area contributed by atoms with Crippen LogP contribution in [0.25, 0.3) is 11.4 Å². The van der Waals surface area contributed by atoms with Crippen LogP contribution in [0.2, 0.25) is 0 Å². The van der Waals surface area contributed by atoms with Gasteiger partial charge in [-0.3, -0.25) is 4.79 Å². The Hall–Kier alpha value is -2.63. The van der Waals surface area contributed by atoms with E-state index in [1.165, 1.54) is 16.6 Å². The molecule has 1 amide bonds. The quantitative estimate of drug-likeness (QED) is 0.563. The second-order valence-corrected chi connectivity index (χ2v) is 9.47. The number of rotatable bonds is 6. The molecule has 4 rings (SSSR count). The maximum Gasteiger partial charge on any atom is 0.235 e. The predicted molar refractivity (Wildman–Crippen MR) is 121 cm³/mol. The Kier molecular flexibility index (Phi) is 6.21. The second kappa shape index (κ2) is 9.02. The molecule has 0 bridgehead atoms. The minimum atomic E-state index is -0.130. The molecule has 8 heteroatoms. The van der Waals surface area contributed by atoms with Crippen LogP contribution in [0.4, 0.5) is 5.00 Å². The van der Waals surface area contributed by atoms with Gasteiger partial charge in [0.15, 0.2) is 11.0 Å². The van der Waals surface area contributed by atoms with Gasteiger partial charge in [0.25, 0.3) is 0 Å². The third kappa shape index (κ3) is 4.13. The standard InChI is InChI=1S/C22H23N5OS2/c1-3-27-20(15-7-5-4-6-8-15)25-26-22(27)29-13-19(28)24-21-17(12-23)16-10-9-14(2)11-18(16)30-21/h4-8,14H,3,9-11,13H2,1-2H3,(H,24,28). The van der Waals surface area contributed by atoms with E-state index in [1.54, 1.807) is 11.3 Å². The van der Waals surface area contributed by atoms with Crippen molar-refractivity contribution < 1.29 is 4.79 Å². The van der Waals surface area contributed by atoms with E-state index < -0.39 is 0 Å². The zero-order valence-corrected chi connectivity index (χ0v) is 18.6. The highest BCUT2D eigenvalue weighted by atomic mass is 32.2. The summed E-state index contributed by atoms with van der Waals surface area (Å²) in [6, 6.07) is 12.2. The number of hydrogen-bond donors (Lipinski definition) is 1. The fraction of sp³-hybridized carbons (Fsp3) is 0.364. The third-order valence-electron chi connectivity index (χ3n) is 5.27. The van der Waals surface area contributed by atoms with Crippen molar-refractivity contribution in [3.8, 4) is 17.5 Å². The van der Waals surface area contributed by atoms with Crippen LogP contribution < -0.4 is 5.32 Å². The highest BCUT2D eigenvalue weighted by molar-refractivity contribution is 7.99. The Bertz CT molecular complexity index is 1100. The van der Waals surface area contributed by atoms with E-state index in [4.69, 9.17) is 0 Å². The topological polar surface area (TPSA) is 83.6 Å². The van der Waals surface area contributed by atoms with E-state index in [-0.39, 0.29) is 11.7 Å². The van der Waals surface area contributed by atoms with Gasteiger partial charge in [0.2, 0.25) is 5.91 Å². The molecule has 2 aromatic heterocycles. The van der Waals surface area contributed by atoms with Crippen molar-refractivity contribution in [3.05, 3.63) is 46.3 Å². The number of nitrogens with zero attached hydrogens (tertiary/aromatic N) is 4. The minimum absolute atomic E-state index is 0.130. The van der Waals surface area contributed by atoms with Crippen molar-refractivity contribution in [2.45, 2.75) is 44.8 Å². The number of nitrogens with one attached hydrogen (secondary N) is 1. The van der Waals surface area contributed by atoms with E-state index in [0.717, 1.165) is 42.8 Å². The zero-order chi connectivity index (χ0) is 21.1. The van der Waals surface area contributed by atoms with Gasteiger partial charge in [0, 0.05) is 17.0 Å². The molecule has 2 heterocycles. The van der Waals surface area contributed by atoms with Gasteiger partial charge in [-0.1, -0.05) is 49.0 Å². The summed E-state index contributed by atoms with van der Waals surface area (Å²) in [7, 11) is 0. The van der Waals surface area contributed by atoms with E-state index in [0.29, 0.717) is 21.6 Å². The van der Waals surface area contributed by atoms with E-state index in [2.05, 4.69) is 28.5 Å². The van der Waals surface area contributed by atoms with Crippen LogP contribution in [0.5, 0.6) is 0 Å². The predicted octanol–water partition coefficient (Wildman–Crippen LogP) is 4.75. The van der Waals surface area contributed by atoms with Crippen LogP contribution in [-0.4, -0.2) is 26.4 Å². The molecule has 1 N–H and O–H groups in total. The van der Waals surface area contributed by atoms with Gasteiger partial charge in [0.05, 0.1) is 11.3 Å². The molecule has 0 fully saturated rings. The SMILES string of the molecule is CCn1c(SCC(=O)Nc2sc3c(c2C#N)CCC(C)C3)nnc1-c1ccccc1. The van der Waals surface area contributed by atoms with Crippen molar-refractivity contribution in [2.24, 2.45) is 5.92 Å². The lowest BCUT2D eigenvalue weighted by Gasteiger charge is -2.17. The molecule has 6 nitrogen and oxygen atoms in total. The van der Waals surface area contributed by atoms with Crippen LogP contribution in [0.3, 0.4) is 0 Å². The van der Waals surface area contributed by atoms with Crippen LogP contribution in [0, 0.1) is 17.2 Å². The summed E-state index contributed by atoms with van der Waals surface area (Å²) in [6.07, 6.45) is 3.00. The minimum Gasteiger partial charge on any atom is -0.316 e. The van der Waals surface area contributed by atoms with Gasteiger partial charge in [-0.15, -0.1) is 21.5 Å². The molecule has 1 aromatic carbocycles. The largest absolute Gasteiger partial charge is 0.316 e. The van der Waals surface area contributed by atoms with Crippen LogP contribution >= 0.6 is 23.1 Å². The number of carbonyl (C=O) groups is 1.